The molecule has 2 aromatic rings. The van der Waals surface area contributed by atoms with Crippen molar-refractivity contribution in [2.45, 2.75) is 6.92 Å². The highest BCUT2D eigenvalue weighted by molar-refractivity contribution is 6.33. The van der Waals surface area contributed by atoms with E-state index in [9.17, 15) is 4.79 Å². The summed E-state index contributed by atoms with van der Waals surface area (Å²) in [5, 5.41) is 0.296. The maximum Gasteiger partial charge on any atom is 0.341 e. The van der Waals surface area contributed by atoms with E-state index in [1.165, 1.54) is 6.20 Å². The SMILES string of the molecule is CCOC(=O)c1cnc(-c2ccco2)cc1Cl. The molecule has 0 unspecified atom stereocenters. The van der Waals surface area contributed by atoms with Gasteiger partial charge in [-0.15, -0.1) is 0 Å². The van der Waals surface area contributed by atoms with E-state index in [1.807, 2.05) is 0 Å². The van der Waals surface area contributed by atoms with Crippen molar-refractivity contribution in [3.63, 3.8) is 0 Å². The quantitative estimate of drug-likeness (QED) is 0.787. The average molecular weight is 252 g/mol. The average Bonchev–Trinajstić information content (AvgIpc) is 2.82. The molecule has 0 saturated heterocycles. The lowest BCUT2D eigenvalue weighted by atomic mass is 10.2. The van der Waals surface area contributed by atoms with Gasteiger partial charge in [-0.3, -0.25) is 4.98 Å². The Morgan fingerprint density at radius 1 is 1.59 bits per heavy atom. The molecule has 0 radical (unpaired) electrons. The van der Waals surface area contributed by atoms with Gasteiger partial charge in [-0.2, -0.15) is 0 Å². The molecule has 0 aromatic carbocycles. The molecule has 88 valence electrons. The molecular weight excluding hydrogens is 242 g/mol. The minimum absolute atomic E-state index is 0.254. The summed E-state index contributed by atoms with van der Waals surface area (Å²) < 4.78 is 10.0. The predicted octanol–water partition coefficient (Wildman–Crippen LogP) is 3.17. The zero-order valence-corrected chi connectivity index (χ0v) is 9.90. The second-order valence-electron chi connectivity index (χ2n) is 3.25. The molecule has 17 heavy (non-hydrogen) atoms. The van der Waals surface area contributed by atoms with Crippen LogP contribution in [0.25, 0.3) is 11.5 Å². The van der Waals surface area contributed by atoms with Gasteiger partial charge in [0, 0.05) is 6.20 Å². The van der Waals surface area contributed by atoms with Gasteiger partial charge in [0.2, 0.25) is 0 Å². The highest BCUT2D eigenvalue weighted by Gasteiger charge is 2.14. The number of aromatic nitrogens is 1. The largest absolute Gasteiger partial charge is 0.463 e. The fourth-order valence-corrected chi connectivity index (χ4v) is 1.58. The molecule has 0 N–H and O–H groups in total. The summed E-state index contributed by atoms with van der Waals surface area (Å²) in [5.74, 6) is 0.123. The Morgan fingerprint density at radius 3 is 3.00 bits per heavy atom. The zero-order valence-electron chi connectivity index (χ0n) is 9.14. The van der Waals surface area contributed by atoms with E-state index in [1.54, 1.807) is 31.4 Å². The summed E-state index contributed by atoms with van der Waals surface area (Å²) in [6.45, 7) is 2.03. The van der Waals surface area contributed by atoms with Gasteiger partial charge in [0.05, 0.1) is 23.5 Å². The number of nitrogens with zero attached hydrogens (tertiary/aromatic N) is 1. The molecule has 0 aliphatic heterocycles. The summed E-state index contributed by atoms with van der Waals surface area (Å²) in [7, 11) is 0. The number of furan rings is 1. The molecule has 0 saturated carbocycles. The van der Waals surface area contributed by atoms with Gasteiger partial charge in [0.25, 0.3) is 0 Å². The second-order valence-corrected chi connectivity index (χ2v) is 3.65. The monoisotopic (exact) mass is 251 g/mol. The molecule has 0 aliphatic carbocycles. The third kappa shape index (κ3) is 2.47. The Balaban J connectivity index is 2.32. The molecule has 2 aromatic heterocycles. The first-order chi connectivity index (χ1) is 8.22. The van der Waals surface area contributed by atoms with Gasteiger partial charge in [0.1, 0.15) is 5.69 Å². The Hall–Kier alpha value is -1.81. The first-order valence-electron chi connectivity index (χ1n) is 5.09. The number of hydrogen-bond donors (Lipinski definition) is 0. The predicted molar refractivity (Wildman–Crippen MR) is 62.9 cm³/mol. The Labute approximate surface area is 103 Å². The van der Waals surface area contributed by atoms with E-state index in [-0.39, 0.29) is 5.56 Å². The molecule has 2 rings (SSSR count). The van der Waals surface area contributed by atoms with E-state index >= 15 is 0 Å². The van der Waals surface area contributed by atoms with Crippen LogP contribution in [-0.4, -0.2) is 17.6 Å². The van der Waals surface area contributed by atoms with Crippen molar-refractivity contribution in [2.24, 2.45) is 0 Å². The third-order valence-electron chi connectivity index (χ3n) is 2.12. The second kappa shape index (κ2) is 5.01. The van der Waals surface area contributed by atoms with Crippen molar-refractivity contribution in [3.05, 3.63) is 41.2 Å². The lowest BCUT2D eigenvalue weighted by Gasteiger charge is -2.04. The number of pyridine rings is 1. The smallest absolute Gasteiger partial charge is 0.341 e. The molecule has 0 spiro atoms. The van der Waals surface area contributed by atoms with Crippen molar-refractivity contribution in [2.75, 3.05) is 6.61 Å². The molecule has 2 heterocycles. The summed E-state index contributed by atoms with van der Waals surface area (Å²) in [4.78, 5) is 15.6. The van der Waals surface area contributed by atoms with Crippen LogP contribution in [0.15, 0.2) is 35.1 Å². The van der Waals surface area contributed by atoms with Gasteiger partial charge in [0.15, 0.2) is 5.76 Å². The van der Waals surface area contributed by atoms with Gasteiger partial charge in [-0.05, 0) is 25.1 Å². The van der Waals surface area contributed by atoms with Crippen LogP contribution in [0.2, 0.25) is 5.02 Å². The lowest BCUT2D eigenvalue weighted by Crippen LogP contribution is -2.06. The topological polar surface area (TPSA) is 52.3 Å². The number of carbonyl (C=O) groups excluding carboxylic acids is 1. The van der Waals surface area contributed by atoms with Crippen molar-refractivity contribution in [3.8, 4) is 11.5 Å². The first-order valence-corrected chi connectivity index (χ1v) is 5.46. The number of esters is 1. The molecular formula is C12H10ClNO3. The first kappa shape index (κ1) is 11.7. The van der Waals surface area contributed by atoms with E-state index in [0.717, 1.165) is 0 Å². The van der Waals surface area contributed by atoms with Crippen molar-refractivity contribution in [1.82, 2.24) is 4.98 Å². The van der Waals surface area contributed by atoms with E-state index in [4.69, 9.17) is 20.8 Å². The van der Waals surface area contributed by atoms with Gasteiger partial charge in [-0.1, -0.05) is 11.6 Å². The van der Waals surface area contributed by atoms with Crippen LogP contribution in [0.3, 0.4) is 0 Å². The van der Waals surface area contributed by atoms with Crippen LogP contribution < -0.4 is 0 Å². The fourth-order valence-electron chi connectivity index (χ4n) is 1.35. The lowest BCUT2D eigenvalue weighted by molar-refractivity contribution is 0.0526. The van der Waals surface area contributed by atoms with Crippen LogP contribution >= 0.6 is 11.6 Å². The zero-order chi connectivity index (χ0) is 12.3. The van der Waals surface area contributed by atoms with E-state index in [0.29, 0.717) is 23.1 Å². The number of halogens is 1. The Bertz CT molecular complexity index is 523. The maximum atomic E-state index is 11.5. The number of ether oxygens (including phenoxy) is 1. The summed E-state index contributed by atoms with van der Waals surface area (Å²) >= 11 is 5.99. The third-order valence-corrected chi connectivity index (χ3v) is 2.44. The van der Waals surface area contributed by atoms with Crippen molar-refractivity contribution >= 4 is 17.6 Å². The standard InChI is InChI=1S/C12H10ClNO3/c1-2-16-12(15)8-7-14-10(6-9(8)13)11-4-3-5-17-11/h3-7H,2H2,1H3. The van der Waals surface area contributed by atoms with Crippen LogP contribution in [-0.2, 0) is 4.74 Å². The highest BCUT2D eigenvalue weighted by atomic mass is 35.5. The van der Waals surface area contributed by atoms with Crippen LogP contribution in [0.5, 0.6) is 0 Å². The molecule has 0 fully saturated rings. The Morgan fingerprint density at radius 2 is 2.41 bits per heavy atom. The fraction of sp³-hybridized carbons (Fsp3) is 0.167. The molecule has 5 heteroatoms. The molecule has 0 aliphatic rings. The van der Waals surface area contributed by atoms with Gasteiger partial charge in [-0.25, -0.2) is 4.79 Å². The molecule has 0 amide bonds. The van der Waals surface area contributed by atoms with Crippen LogP contribution in [0.4, 0.5) is 0 Å². The normalized spacial score (nSPS) is 10.2. The van der Waals surface area contributed by atoms with Crippen molar-refractivity contribution in [1.29, 1.82) is 0 Å². The number of rotatable bonds is 3. The van der Waals surface area contributed by atoms with E-state index in [2.05, 4.69) is 4.98 Å². The highest BCUT2D eigenvalue weighted by Crippen LogP contribution is 2.23. The van der Waals surface area contributed by atoms with E-state index < -0.39 is 5.97 Å². The van der Waals surface area contributed by atoms with Gasteiger partial charge < -0.3 is 9.15 Å². The number of carbonyl (C=O) groups is 1. The molecule has 0 bridgehead atoms. The summed E-state index contributed by atoms with van der Waals surface area (Å²) in [5.41, 5.74) is 0.830. The minimum Gasteiger partial charge on any atom is -0.463 e. The minimum atomic E-state index is -0.476. The summed E-state index contributed by atoms with van der Waals surface area (Å²) in [6.07, 6.45) is 2.93. The molecule has 0 atom stereocenters. The summed E-state index contributed by atoms with van der Waals surface area (Å²) in [6, 6.07) is 5.10. The van der Waals surface area contributed by atoms with Crippen LogP contribution in [0, 0.1) is 0 Å². The van der Waals surface area contributed by atoms with Crippen LogP contribution in [0.1, 0.15) is 17.3 Å². The van der Waals surface area contributed by atoms with Crippen molar-refractivity contribution < 1.29 is 13.9 Å². The Kier molecular flexibility index (Phi) is 3.44. The maximum absolute atomic E-state index is 11.5. The molecule has 4 nitrogen and oxygen atoms in total. The van der Waals surface area contributed by atoms with Gasteiger partial charge >= 0.3 is 5.97 Å². The number of hydrogen-bond acceptors (Lipinski definition) is 4.